The minimum absolute atomic E-state index is 0.413. The van der Waals surface area contributed by atoms with Crippen LogP contribution in [0.3, 0.4) is 0 Å². The van der Waals surface area contributed by atoms with Gasteiger partial charge < -0.3 is 4.90 Å². The first-order chi connectivity index (χ1) is 15.3. The molecule has 158 valence electrons. The standard InChI is InChI=1S/C23H23N5O2S/c1-29-30-16-17-4-6-18(7-5-17)22-25-26-23(31-22)19-14-24-28(15-19)21-10-8-20(9-11-21)27-12-2-3-13-27/h4-11,14-15H,2-3,12-13,16H2,1H3. The highest BCUT2D eigenvalue weighted by atomic mass is 32.1. The van der Waals surface area contributed by atoms with Gasteiger partial charge in [0.1, 0.15) is 11.6 Å². The SMILES string of the molecule is COOCc1ccc(-c2nnc(-c3cnn(-c4ccc(N5CCCC5)cc4)c3)s2)cc1. The second kappa shape index (κ2) is 8.97. The van der Waals surface area contributed by atoms with Crippen molar-refractivity contribution in [2.24, 2.45) is 0 Å². The predicted octanol–water partition coefficient (Wildman–Crippen LogP) is 4.74. The molecule has 2 aromatic carbocycles. The van der Waals surface area contributed by atoms with Crippen LogP contribution in [0, 0.1) is 0 Å². The van der Waals surface area contributed by atoms with Crippen LogP contribution in [0.1, 0.15) is 18.4 Å². The van der Waals surface area contributed by atoms with Gasteiger partial charge in [0.05, 0.1) is 24.6 Å². The Morgan fingerprint density at radius 2 is 1.55 bits per heavy atom. The van der Waals surface area contributed by atoms with Gasteiger partial charge in [-0.1, -0.05) is 35.6 Å². The summed E-state index contributed by atoms with van der Waals surface area (Å²) in [4.78, 5) is 12.0. The quantitative estimate of drug-likeness (QED) is 0.310. The van der Waals surface area contributed by atoms with Crippen LogP contribution in [0.5, 0.6) is 0 Å². The van der Waals surface area contributed by atoms with Crippen LogP contribution in [0.4, 0.5) is 5.69 Å². The molecule has 0 atom stereocenters. The van der Waals surface area contributed by atoms with Crippen LogP contribution in [0.25, 0.3) is 26.8 Å². The maximum atomic E-state index is 4.96. The highest BCUT2D eigenvalue weighted by Gasteiger charge is 2.13. The molecule has 31 heavy (non-hydrogen) atoms. The average molecular weight is 434 g/mol. The van der Waals surface area contributed by atoms with Gasteiger partial charge in [-0.15, -0.1) is 10.2 Å². The lowest BCUT2D eigenvalue weighted by Gasteiger charge is -2.17. The molecule has 5 rings (SSSR count). The average Bonchev–Trinajstić information content (AvgIpc) is 3.59. The molecule has 2 aromatic heterocycles. The fraction of sp³-hybridized carbons (Fsp3) is 0.261. The van der Waals surface area contributed by atoms with Gasteiger partial charge in [-0.3, -0.25) is 0 Å². The Hall–Kier alpha value is -3.07. The molecule has 8 heteroatoms. The Kier molecular flexibility index (Phi) is 5.75. The molecule has 3 heterocycles. The topological polar surface area (TPSA) is 65.3 Å². The monoisotopic (exact) mass is 433 g/mol. The lowest BCUT2D eigenvalue weighted by Crippen LogP contribution is -2.17. The highest BCUT2D eigenvalue weighted by Crippen LogP contribution is 2.30. The maximum absolute atomic E-state index is 4.96. The van der Waals surface area contributed by atoms with E-state index in [2.05, 4.69) is 49.3 Å². The molecule has 1 aliphatic rings. The largest absolute Gasteiger partial charge is 0.372 e. The number of hydrogen-bond donors (Lipinski definition) is 0. The van der Waals surface area contributed by atoms with E-state index in [0.717, 1.165) is 45.5 Å². The Bertz CT molecular complexity index is 1130. The van der Waals surface area contributed by atoms with Crippen molar-refractivity contribution in [3.63, 3.8) is 0 Å². The number of anilines is 1. The van der Waals surface area contributed by atoms with Gasteiger partial charge in [0.2, 0.25) is 0 Å². The zero-order valence-electron chi connectivity index (χ0n) is 17.3. The summed E-state index contributed by atoms with van der Waals surface area (Å²) < 4.78 is 1.88. The number of nitrogens with zero attached hydrogens (tertiary/aromatic N) is 5. The zero-order valence-corrected chi connectivity index (χ0v) is 18.1. The fourth-order valence-electron chi connectivity index (χ4n) is 3.69. The molecular weight excluding hydrogens is 410 g/mol. The second-order valence-corrected chi connectivity index (χ2v) is 8.40. The second-order valence-electron chi connectivity index (χ2n) is 7.42. The van der Waals surface area contributed by atoms with Crippen LogP contribution in [0.2, 0.25) is 0 Å². The molecule has 4 aromatic rings. The molecule has 0 bridgehead atoms. The van der Waals surface area contributed by atoms with Crippen LogP contribution in [-0.4, -0.2) is 40.2 Å². The van der Waals surface area contributed by atoms with Crippen molar-refractivity contribution in [1.82, 2.24) is 20.0 Å². The summed E-state index contributed by atoms with van der Waals surface area (Å²) in [6, 6.07) is 16.6. The minimum Gasteiger partial charge on any atom is -0.372 e. The highest BCUT2D eigenvalue weighted by molar-refractivity contribution is 7.17. The van der Waals surface area contributed by atoms with E-state index in [-0.39, 0.29) is 0 Å². The molecule has 0 N–H and O–H groups in total. The Balaban J connectivity index is 1.30. The molecule has 0 unspecified atom stereocenters. The van der Waals surface area contributed by atoms with E-state index in [1.54, 1.807) is 11.3 Å². The predicted molar refractivity (Wildman–Crippen MR) is 121 cm³/mol. The van der Waals surface area contributed by atoms with Crippen molar-refractivity contribution >= 4 is 17.0 Å². The van der Waals surface area contributed by atoms with Gasteiger partial charge in [0.15, 0.2) is 5.01 Å². The lowest BCUT2D eigenvalue weighted by molar-refractivity contribution is -0.282. The van der Waals surface area contributed by atoms with Crippen LogP contribution >= 0.6 is 11.3 Å². The van der Waals surface area contributed by atoms with Crippen molar-refractivity contribution in [1.29, 1.82) is 0 Å². The number of hydrogen-bond acceptors (Lipinski definition) is 7. The van der Waals surface area contributed by atoms with Gasteiger partial charge in [0.25, 0.3) is 0 Å². The Morgan fingerprint density at radius 3 is 2.26 bits per heavy atom. The molecular formula is C23H23N5O2S. The third-order valence-electron chi connectivity index (χ3n) is 5.38. The van der Waals surface area contributed by atoms with Crippen molar-refractivity contribution < 1.29 is 9.78 Å². The smallest absolute Gasteiger partial charge is 0.151 e. The zero-order chi connectivity index (χ0) is 21.0. The molecule has 0 saturated carbocycles. The van der Waals surface area contributed by atoms with Crippen molar-refractivity contribution in [2.75, 3.05) is 25.1 Å². The third kappa shape index (κ3) is 4.36. The third-order valence-corrected chi connectivity index (χ3v) is 6.41. The number of rotatable bonds is 7. The first-order valence-electron chi connectivity index (χ1n) is 10.3. The van der Waals surface area contributed by atoms with E-state index in [4.69, 9.17) is 4.89 Å². The van der Waals surface area contributed by atoms with Crippen LogP contribution < -0.4 is 4.90 Å². The fourth-order valence-corrected chi connectivity index (χ4v) is 4.52. The van der Waals surface area contributed by atoms with Gasteiger partial charge in [-0.2, -0.15) is 5.10 Å². The summed E-state index contributed by atoms with van der Waals surface area (Å²) >= 11 is 1.55. The molecule has 0 radical (unpaired) electrons. The van der Waals surface area contributed by atoms with Crippen LogP contribution in [0.15, 0.2) is 60.9 Å². The number of benzene rings is 2. The maximum Gasteiger partial charge on any atom is 0.151 e. The van der Waals surface area contributed by atoms with Crippen molar-refractivity contribution in [2.45, 2.75) is 19.4 Å². The van der Waals surface area contributed by atoms with E-state index >= 15 is 0 Å². The normalized spacial score (nSPS) is 13.8. The van der Waals surface area contributed by atoms with Crippen LogP contribution in [-0.2, 0) is 16.4 Å². The van der Waals surface area contributed by atoms with Crippen molar-refractivity contribution in [3.05, 3.63) is 66.5 Å². The van der Waals surface area contributed by atoms with Gasteiger partial charge in [-0.05, 0) is 42.7 Å². The summed E-state index contributed by atoms with van der Waals surface area (Å²) in [6.07, 6.45) is 6.39. The first kappa shape index (κ1) is 19.9. The van der Waals surface area contributed by atoms with Gasteiger partial charge >= 0.3 is 0 Å². The summed E-state index contributed by atoms with van der Waals surface area (Å²) in [5.74, 6) is 0. The van der Waals surface area contributed by atoms with E-state index in [9.17, 15) is 0 Å². The molecule has 0 aliphatic carbocycles. The summed E-state index contributed by atoms with van der Waals surface area (Å²) in [6.45, 7) is 2.71. The lowest BCUT2D eigenvalue weighted by atomic mass is 10.1. The molecule has 1 saturated heterocycles. The minimum atomic E-state index is 0.413. The summed E-state index contributed by atoms with van der Waals surface area (Å²) in [7, 11) is 1.50. The molecule has 1 aliphatic heterocycles. The summed E-state index contributed by atoms with van der Waals surface area (Å²) in [5, 5.41) is 15.0. The molecule has 0 amide bonds. The van der Waals surface area contributed by atoms with Crippen molar-refractivity contribution in [3.8, 4) is 26.8 Å². The first-order valence-corrected chi connectivity index (χ1v) is 11.1. The van der Waals surface area contributed by atoms with E-state index in [1.165, 1.54) is 25.6 Å². The molecule has 7 nitrogen and oxygen atoms in total. The van der Waals surface area contributed by atoms with Gasteiger partial charge in [-0.25, -0.2) is 14.5 Å². The Labute approximate surface area is 184 Å². The Morgan fingerprint density at radius 1 is 0.871 bits per heavy atom. The number of aromatic nitrogens is 4. The van der Waals surface area contributed by atoms with E-state index < -0.39 is 0 Å². The molecule has 0 spiro atoms. The van der Waals surface area contributed by atoms with E-state index in [0.29, 0.717) is 6.61 Å². The van der Waals surface area contributed by atoms with E-state index in [1.807, 2.05) is 41.3 Å². The summed E-state index contributed by atoms with van der Waals surface area (Å²) in [5.41, 5.74) is 5.33. The van der Waals surface area contributed by atoms with Gasteiger partial charge in [0, 0.05) is 30.5 Å². The molecule has 1 fully saturated rings.